The molecule has 0 saturated heterocycles. The van der Waals surface area contributed by atoms with Crippen LogP contribution in [0.5, 0.6) is 0 Å². The first-order valence-electron chi connectivity index (χ1n) is 3.91. The zero-order valence-electron chi connectivity index (χ0n) is 7.17. The molecular weight excluding hydrogens is 192 g/mol. The molecule has 0 spiro atoms. The first-order chi connectivity index (χ1) is 5.68. The van der Waals surface area contributed by atoms with Gasteiger partial charge in [-0.2, -0.15) is 0 Å². The van der Waals surface area contributed by atoms with Crippen LogP contribution in [0.15, 0.2) is 6.07 Å². The molecule has 0 amide bonds. The van der Waals surface area contributed by atoms with Crippen molar-refractivity contribution in [1.82, 2.24) is 5.01 Å². The normalized spacial score (nSPS) is 18.1. The van der Waals surface area contributed by atoms with Gasteiger partial charge in [-0.25, -0.2) is 5.01 Å². The molecule has 0 atom stereocenters. The Bertz CT molecular complexity index is 297. The van der Waals surface area contributed by atoms with Crippen molar-refractivity contribution >= 4 is 28.6 Å². The second-order valence-corrected chi connectivity index (χ2v) is 4.78. The molecule has 1 aromatic rings. The van der Waals surface area contributed by atoms with Gasteiger partial charge in [-0.05, 0) is 12.5 Å². The van der Waals surface area contributed by atoms with Gasteiger partial charge in [0.25, 0.3) is 0 Å². The number of halogens is 1. The highest BCUT2D eigenvalue weighted by Gasteiger charge is 2.20. The summed E-state index contributed by atoms with van der Waals surface area (Å²) in [6.07, 6.45) is 1.12. The average Bonchev–Trinajstić information content (AvgIpc) is 2.39. The largest absolute Gasteiger partial charge is 0.308 e. The van der Waals surface area contributed by atoms with Crippen molar-refractivity contribution in [3.63, 3.8) is 0 Å². The zero-order chi connectivity index (χ0) is 8.72. The molecule has 0 aromatic carbocycles. The third kappa shape index (κ3) is 1.22. The number of nitrogens with zero attached hydrogens (tertiary/aromatic N) is 2. The van der Waals surface area contributed by atoms with Crippen molar-refractivity contribution in [2.75, 3.05) is 25.6 Å². The van der Waals surface area contributed by atoms with Gasteiger partial charge in [-0.15, -0.1) is 11.3 Å². The molecule has 4 heteroatoms. The van der Waals surface area contributed by atoms with E-state index in [4.69, 9.17) is 11.6 Å². The summed E-state index contributed by atoms with van der Waals surface area (Å²) >= 11 is 7.63. The number of likely N-dealkylation sites (N-methyl/N-ethyl adjacent to an activating group) is 1. The Morgan fingerprint density at radius 3 is 3.00 bits per heavy atom. The quantitative estimate of drug-likeness (QED) is 0.637. The minimum atomic E-state index is 0.891. The standard InChI is InChI=1S/C8H11ClN2S/c1-10-4-3-7-6(11(10)2)5-8(9)12-7/h5H,3-4H2,1-2H3. The van der Waals surface area contributed by atoms with Crippen molar-refractivity contribution in [1.29, 1.82) is 0 Å². The summed E-state index contributed by atoms with van der Waals surface area (Å²) in [7, 11) is 4.16. The van der Waals surface area contributed by atoms with Crippen molar-refractivity contribution < 1.29 is 0 Å². The molecule has 1 aliphatic rings. The summed E-state index contributed by atoms with van der Waals surface area (Å²) in [6.45, 7) is 1.08. The predicted octanol–water partition coefficient (Wildman–Crippen LogP) is 2.24. The van der Waals surface area contributed by atoms with Crippen LogP contribution < -0.4 is 5.01 Å². The summed E-state index contributed by atoms with van der Waals surface area (Å²) in [5.74, 6) is 0. The summed E-state index contributed by atoms with van der Waals surface area (Å²) < 4.78 is 0.891. The molecular formula is C8H11ClN2S. The maximum absolute atomic E-state index is 5.94. The monoisotopic (exact) mass is 202 g/mol. The van der Waals surface area contributed by atoms with Gasteiger partial charge in [0.2, 0.25) is 0 Å². The van der Waals surface area contributed by atoms with E-state index in [1.54, 1.807) is 11.3 Å². The van der Waals surface area contributed by atoms with Gasteiger partial charge in [-0.3, -0.25) is 0 Å². The highest BCUT2D eigenvalue weighted by Crippen LogP contribution is 2.36. The van der Waals surface area contributed by atoms with Crippen LogP contribution in [-0.2, 0) is 6.42 Å². The Labute approximate surface area is 81.3 Å². The van der Waals surface area contributed by atoms with Crippen molar-refractivity contribution in [2.24, 2.45) is 0 Å². The number of rotatable bonds is 0. The lowest BCUT2D eigenvalue weighted by atomic mass is 10.2. The Morgan fingerprint density at radius 1 is 1.50 bits per heavy atom. The SMILES string of the molecule is CN1CCc2sc(Cl)cc2N1C. The van der Waals surface area contributed by atoms with Crippen LogP contribution >= 0.6 is 22.9 Å². The molecule has 66 valence electrons. The van der Waals surface area contributed by atoms with Gasteiger partial charge in [0.15, 0.2) is 0 Å². The first-order valence-corrected chi connectivity index (χ1v) is 5.11. The number of fused-ring (bicyclic) bond motifs is 1. The van der Waals surface area contributed by atoms with Gasteiger partial charge in [-0.1, -0.05) is 11.6 Å². The van der Waals surface area contributed by atoms with Gasteiger partial charge in [0, 0.05) is 25.5 Å². The lowest BCUT2D eigenvalue weighted by Crippen LogP contribution is -2.41. The van der Waals surface area contributed by atoms with E-state index in [1.165, 1.54) is 10.6 Å². The van der Waals surface area contributed by atoms with Gasteiger partial charge >= 0.3 is 0 Å². The van der Waals surface area contributed by atoms with Crippen molar-refractivity contribution in [3.05, 3.63) is 15.3 Å². The number of hydrazine groups is 1. The van der Waals surface area contributed by atoms with Crippen LogP contribution in [0.3, 0.4) is 0 Å². The molecule has 12 heavy (non-hydrogen) atoms. The van der Waals surface area contributed by atoms with E-state index in [0.29, 0.717) is 0 Å². The summed E-state index contributed by atoms with van der Waals surface area (Å²) in [5, 5.41) is 4.35. The molecule has 2 heterocycles. The number of anilines is 1. The molecule has 0 bridgehead atoms. The van der Waals surface area contributed by atoms with E-state index < -0.39 is 0 Å². The summed E-state index contributed by atoms with van der Waals surface area (Å²) in [5.41, 5.74) is 1.26. The highest BCUT2D eigenvalue weighted by atomic mass is 35.5. The molecule has 0 saturated carbocycles. The average molecular weight is 203 g/mol. The summed E-state index contributed by atoms with van der Waals surface area (Å²) in [4.78, 5) is 1.40. The first kappa shape index (κ1) is 8.35. The van der Waals surface area contributed by atoms with Gasteiger partial charge in [0.1, 0.15) is 0 Å². The Morgan fingerprint density at radius 2 is 2.25 bits per heavy atom. The van der Waals surface area contributed by atoms with Crippen LogP contribution in [0.25, 0.3) is 0 Å². The number of hydrogen-bond acceptors (Lipinski definition) is 3. The zero-order valence-corrected chi connectivity index (χ0v) is 8.74. The molecule has 0 unspecified atom stereocenters. The molecule has 2 nitrogen and oxygen atoms in total. The maximum atomic E-state index is 5.94. The van der Waals surface area contributed by atoms with Crippen LogP contribution in [0, 0.1) is 0 Å². The number of hydrogen-bond donors (Lipinski definition) is 0. The fourth-order valence-corrected chi connectivity index (χ4v) is 2.72. The van der Waals surface area contributed by atoms with E-state index in [9.17, 15) is 0 Å². The lowest BCUT2D eigenvalue weighted by Gasteiger charge is -2.34. The van der Waals surface area contributed by atoms with Gasteiger partial charge in [0.05, 0.1) is 10.0 Å². The molecule has 1 aromatic heterocycles. The van der Waals surface area contributed by atoms with E-state index in [2.05, 4.69) is 24.1 Å². The van der Waals surface area contributed by atoms with Gasteiger partial charge < -0.3 is 5.01 Å². The molecule has 1 aliphatic heterocycles. The van der Waals surface area contributed by atoms with Crippen molar-refractivity contribution in [3.8, 4) is 0 Å². The number of thiophene rings is 1. The Hall–Kier alpha value is -0.250. The fraction of sp³-hybridized carbons (Fsp3) is 0.500. The topological polar surface area (TPSA) is 6.48 Å². The second kappa shape index (κ2) is 2.91. The smallest absolute Gasteiger partial charge is 0.0953 e. The lowest BCUT2D eigenvalue weighted by molar-refractivity contribution is 0.316. The highest BCUT2D eigenvalue weighted by molar-refractivity contribution is 7.16. The Kier molecular flexibility index (Phi) is 2.02. The van der Waals surface area contributed by atoms with Crippen molar-refractivity contribution in [2.45, 2.75) is 6.42 Å². The third-order valence-corrected chi connectivity index (χ3v) is 3.59. The molecule has 0 radical (unpaired) electrons. The molecule has 2 rings (SSSR count). The van der Waals surface area contributed by atoms with E-state index in [1.807, 2.05) is 6.07 Å². The van der Waals surface area contributed by atoms with E-state index in [-0.39, 0.29) is 0 Å². The molecule has 0 N–H and O–H groups in total. The summed E-state index contributed by atoms with van der Waals surface area (Å²) in [6, 6.07) is 2.04. The van der Waals surface area contributed by atoms with Crippen LogP contribution in [-0.4, -0.2) is 25.6 Å². The van der Waals surface area contributed by atoms with Crippen LogP contribution in [0.4, 0.5) is 5.69 Å². The fourth-order valence-electron chi connectivity index (χ4n) is 1.44. The van der Waals surface area contributed by atoms with E-state index in [0.717, 1.165) is 17.3 Å². The third-order valence-electron chi connectivity index (χ3n) is 2.28. The maximum Gasteiger partial charge on any atom is 0.0953 e. The minimum absolute atomic E-state index is 0.891. The van der Waals surface area contributed by atoms with Crippen LogP contribution in [0.1, 0.15) is 4.88 Å². The minimum Gasteiger partial charge on any atom is -0.308 e. The Balaban J connectivity index is 2.41. The second-order valence-electron chi connectivity index (χ2n) is 3.01. The molecule has 0 fully saturated rings. The van der Waals surface area contributed by atoms with Crippen LogP contribution in [0.2, 0.25) is 4.34 Å². The van der Waals surface area contributed by atoms with E-state index >= 15 is 0 Å². The molecule has 0 aliphatic carbocycles. The predicted molar refractivity (Wildman–Crippen MR) is 54.1 cm³/mol.